The minimum Gasteiger partial charge on any atom is -0.480 e. The average molecular weight is 186 g/mol. The maximum absolute atomic E-state index is 11.2. The van der Waals surface area contributed by atoms with Crippen LogP contribution < -0.4 is 0 Å². The largest absolute Gasteiger partial charge is 0.480 e. The van der Waals surface area contributed by atoms with Crippen LogP contribution >= 0.6 is 0 Å². The summed E-state index contributed by atoms with van der Waals surface area (Å²) in [5.74, 6) is -1.61. The Morgan fingerprint density at radius 1 is 1.46 bits per heavy atom. The lowest BCUT2D eigenvalue weighted by molar-refractivity contribution is -0.161. The van der Waals surface area contributed by atoms with E-state index < -0.39 is 17.4 Å². The van der Waals surface area contributed by atoms with Gasteiger partial charge in [0.05, 0.1) is 6.61 Å². The molecule has 74 valence electrons. The van der Waals surface area contributed by atoms with E-state index in [0.717, 1.165) is 12.8 Å². The van der Waals surface area contributed by atoms with Gasteiger partial charge in [-0.15, -0.1) is 0 Å². The Morgan fingerprint density at radius 3 is 2.46 bits per heavy atom. The van der Waals surface area contributed by atoms with Gasteiger partial charge in [-0.1, -0.05) is 13.3 Å². The van der Waals surface area contributed by atoms with E-state index in [1.807, 2.05) is 6.92 Å². The number of ether oxygens (including phenoxy) is 1. The van der Waals surface area contributed by atoms with Gasteiger partial charge >= 0.3 is 11.9 Å². The Bertz CT molecular complexity index is 218. The molecule has 0 aromatic heterocycles. The Balaban J connectivity index is 2.35. The summed E-state index contributed by atoms with van der Waals surface area (Å²) in [6.45, 7) is 2.32. The molecular formula is C9H14O4. The van der Waals surface area contributed by atoms with Crippen molar-refractivity contribution < 1.29 is 19.4 Å². The Kier molecular flexibility index (Phi) is 2.90. The summed E-state index contributed by atoms with van der Waals surface area (Å²) in [5.41, 5.74) is -1.19. The Labute approximate surface area is 76.9 Å². The van der Waals surface area contributed by atoms with Gasteiger partial charge in [-0.25, -0.2) is 0 Å². The van der Waals surface area contributed by atoms with E-state index >= 15 is 0 Å². The highest BCUT2D eigenvalue weighted by atomic mass is 16.5. The van der Waals surface area contributed by atoms with Gasteiger partial charge in [-0.05, 0) is 19.3 Å². The second kappa shape index (κ2) is 3.77. The number of unbranched alkanes of at least 4 members (excludes halogenated alkanes) is 1. The van der Waals surface area contributed by atoms with Crippen LogP contribution in [0, 0.1) is 5.41 Å². The van der Waals surface area contributed by atoms with E-state index in [2.05, 4.69) is 0 Å². The fourth-order valence-electron chi connectivity index (χ4n) is 1.08. The van der Waals surface area contributed by atoms with E-state index in [1.54, 1.807) is 0 Å². The van der Waals surface area contributed by atoms with Gasteiger partial charge in [0, 0.05) is 0 Å². The monoisotopic (exact) mass is 186 g/mol. The van der Waals surface area contributed by atoms with Crippen LogP contribution in [0.1, 0.15) is 32.6 Å². The fourth-order valence-corrected chi connectivity index (χ4v) is 1.08. The molecule has 1 N–H and O–H groups in total. The number of carboxylic acid groups (broad SMARTS) is 1. The van der Waals surface area contributed by atoms with Crippen molar-refractivity contribution in [2.24, 2.45) is 5.41 Å². The zero-order valence-electron chi connectivity index (χ0n) is 7.71. The molecule has 0 aromatic carbocycles. The van der Waals surface area contributed by atoms with Crippen LogP contribution in [0.2, 0.25) is 0 Å². The van der Waals surface area contributed by atoms with Gasteiger partial charge in [0.2, 0.25) is 0 Å². The normalized spacial score (nSPS) is 17.9. The molecule has 13 heavy (non-hydrogen) atoms. The first-order valence-corrected chi connectivity index (χ1v) is 4.54. The van der Waals surface area contributed by atoms with E-state index in [1.165, 1.54) is 0 Å². The van der Waals surface area contributed by atoms with Gasteiger partial charge in [0.1, 0.15) is 0 Å². The number of carbonyl (C=O) groups is 2. The molecule has 1 saturated carbocycles. The third-order valence-electron chi connectivity index (χ3n) is 2.28. The molecule has 0 saturated heterocycles. The van der Waals surface area contributed by atoms with E-state index in [-0.39, 0.29) is 0 Å². The maximum atomic E-state index is 11.2. The number of hydrogen-bond acceptors (Lipinski definition) is 3. The van der Waals surface area contributed by atoms with Gasteiger partial charge in [0.15, 0.2) is 5.41 Å². The molecular weight excluding hydrogens is 172 g/mol. The van der Waals surface area contributed by atoms with Crippen LogP contribution in [0.25, 0.3) is 0 Å². The SMILES string of the molecule is CCCCOC(=O)C1(C(=O)O)CC1. The predicted octanol–water partition coefficient (Wildman–Crippen LogP) is 1.19. The lowest BCUT2D eigenvalue weighted by Gasteiger charge is -2.08. The first-order chi connectivity index (χ1) is 6.13. The molecule has 1 fully saturated rings. The second-order valence-corrected chi connectivity index (χ2v) is 3.38. The van der Waals surface area contributed by atoms with Gasteiger partial charge in [-0.3, -0.25) is 9.59 Å². The lowest BCUT2D eigenvalue weighted by atomic mass is 10.1. The van der Waals surface area contributed by atoms with Crippen LogP contribution in [0.4, 0.5) is 0 Å². The zero-order valence-corrected chi connectivity index (χ0v) is 7.71. The van der Waals surface area contributed by atoms with Crippen molar-refractivity contribution in [3.8, 4) is 0 Å². The van der Waals surface area contributed by atoms with Crippen molar-refractivity contribution in [2.45, 2.75) is 32.6 Å². The highest BCUT2D eigenvalue weighted by Crippen LogP contribution is 2.46. The number of hydrogen-bond donors (Lipinski definition) is 1. The smallest absolute Gasteiger partial charge is 0.323 e. The molecule has 4 heteroatoms. The number of rotatable bonds is 5. The molecule has 0 bridgehead atoms. The van der Waals surface area contributed by atoms with E-state index in [9.17, 15) is 9.59 Å². The van der Waals surface area contributed by atoms with Crippen LogP contribution in [0.5, 0.6) is 0 Å². The third-order valence-corrected chi connectivity index (χ3v) is 2.28. The molecule has 1 aliphatic rings. The molecule has 0 unspecified atom stereocenters. The van der Waals surface area contributed by atoms with Crippen molar-refractivity contribution in [3.63, 3.8) is 0 Å². The molecule has 0 spiro atoms. The minimum atomic E-state index is -1.19. The Hall–Kier alpha value is -1.06. The molecule has 1 aliphatic carbocycles. The highest BCUT2D eigenvalue weighted by molar-refractivity contribution is 6.02. The molecule has 1 rings (SSSR count). The number of carbonyl (C=O) groups excluding carboxylic acids is 1. The van der Waals surface area contributed by atoms with Crippen molar-refractivity contribution in [3.05, 3.63) is 0 Å². The number of aliphatic carboxylic acids is 1. The topological polar surface area (TPSA) is 63.6 Å². The molecule has 0 amide bonds. The number of esters is 1. The third kappa shape index (κ3) is 1.99. The molecule has 4 nitrogen and oxygen atoms in total. The van der Waals surface area contributed by atoms with Crippen LogP contribution in [0.15, 0.2) is 0 Å². The summed E-state index contributed by atoms with van der Waals surface area (Å²) >= 11 is 0. The van der Waals surface area contributed by atoms with Crippen LogP contribution in [0.3, 0.4) is 0 Å². The van der Waals surface area contributed by atoms with Crippen molar-refractivity contribution >= 4 is 11.9 Å². The van der Waals surface area contributed by atoms with Crippen LogP contribution in [-0.2, 0) is 14.3 Å². The summed E-state index contributed by atoms with van der Waals surface area (Å²) < 4.78 is 4.85. The van der Waals surface area contributed by atoms with Crippen LogP contribution in [-0.4, -0.2) is 23.7 Å². The lowest BCUT2D eigenvalue weighted by Crippen LogP contribution is -2.27. The summed E-state index contributed by atoms with van der Waals surface area (Å²) in [4.78, 5) is 21.9. The van der Waals surface area contributed by atoms with E-state index in [0.29, 0.717) is 19.4 Å². The van der Waals surface area contributed by atoms with Gasteiger partial charge in [0.25, 0.3) is 0 Å². The Morgan fingerprint density at radius 2 is 2.08 bits per heavy atom. The minimum absolute atomic E-state index is 0.338. The molecule has 0 radical (unpaired) electrons. The van der Waals surface area contributed by atoms with Crippen molar-refractivity contribution in [2.75, 3.05) is 6.61 Å². The van der Waals surface area contributed by atoms with Crippen molar-refractivity contribution in [1.29, 1.82) is 0 Å². The highest BCUT2D eigenvalue weighted by Gasteiger charge is 2.58. The number of carboxylic acids is 1. The summed E-state index contributed by atoms with van der Waals surface area (Å²) in [6.07, 6.45) is 2.58. The standard InChI is InChI=1S/C9H14O4/c1-2-3-6-13-8(12)9(4-5-9)7(10)11/h2-6H2,1H3,(H,10,11). The van der Waals surface area contributed by atoms with Crippen molar-refractivity contribution in [1.82, 2.24) is 0 Å². The molecule has 0 aromatic rings. The zero-order chi connectivity index (χ0) is 9.90. The van der Waals surface area contributed by atoms with Gasteiger partial charge < -0.3 is 9.84 Å². The quantitative estimate of drug-likeness (QED) is 0.398. The molecule has 0 heterocycles. The second-order valence-electron chi connectivity index (χ2n) is 3.38. The molecule has 0 atom stereocenters. The predicted molar refractivity (Wildman–Crippen MR) is 45.2 cm³/mol. The first-order valence-electron chi connectivity index (χ1n) is 4.54. The average Bonchev–Trinajstić information content (AvgIpc) is 2.84. The summed E-state index contributed by atoms with van der Waals surface area (Å²) in [7, 11) is 0. The molecule has 0 aliphatic heterocycles. The fraction of sp³-hybridized carbons (Fsp3) is 0.778. The van der Waals surface area contributed by atoms with Gasteiger partial charge in [-0.2, -0.15) is 0 Å². The maximum Gasteiger partial charge on any atom is 0.323 e. The first kappa shape index (κ1) is 10.0. The summed E-state index contributed by atoms with van der Waals surface area (Å²) in [6, 6.07) is 0. The van der Waals surface area contributed by atoms with E-state index in [4.69, 9.17) is 9.84 Å². The summed E-state index contributed by atoms with van der Waals surface area (Å²) in [5, 5.41) is 8.73.